The molecule has 2 fully saturated rings. The molecule has 0 aromatic heterocycles. The minimum atomic E-state index is 0.684. The predicted octanol–water partition coefficient (Wildman–Crippen LogP) is 4.84. The Balaban J connectivity index is 1.90. The van der Waals surface area contributed by atoms with Gasteiger partial charge in [-0.3, -0.25) is 0 Å². The highest BCUT2D eigenvalue weighted by molar-refractivity contribution is 5.21. The van der Waals surface area contributed by atoms with Gasteiger partial charge < -0.3 is 4.74 Å². The third-order valence-corrected chi connectivity index (χ3v) is 5.27. The fraction of sp³-hybridized carbons (Fsp3) is 0.765. The maximum atomic E-state index is 5.76. The Morgan fingerprint density at radius 1 is 1.06 bits per heavy atom. The molecule has 0 amide bonds. The van der Waals surface area contributed by atoms with Gasteiger partial charge in [0.1, 0.15) is 0 Å². The first-order valence-corrected chi connectivity index (χ1v) is 7.83. The summed E-state index contributed by atoms with van der Waals surface area (Å²) in [5, 5.41) is 0. The molecule has 1 nitrogen and oxygen atoms in total. The largest absolute Gasteiger partial charge is 0.501 e. The van der Waals surface area contributed by atoms with Crippen molar-refractivity contribution in [3.05, 3.63) is 23.5 Å². The zero-order valence-electron chi connectivity index (χ0n) is 11.7. The molecule has 3 unspecified atom stereocenters. The summed E-state index contributed by atoms with van der Waals surface area (Å²) in [6, 6.07) is 0. The second-order valence-electron chi connectivity index (χ2n) is 6.29. The zero-order chi connectivity index (χ0) is 12.4. The molecule has 3 aliphatic rings. The first-order valence-electron chi connectivity index (χ1n) is 7.83. The first kappa shape index (κ1) is 12.3. The summed E-state index contributed by atoms with van der Waals surface area (Å²) in [6.07, 6.45) is 17.4. The molecule has 0 aromatic carbocycles. The van der Waals surface area contributed by atoms with Crippen LogP contribution in [0.25, 0.3) is 0 Å². The van der Waals surface area contributed by atoms with E-state index < -0.39 is 0 Å². The number of hydrogen-bond donors (Lipinski definition) is 0. The fourth-order valence-corrected chi connectivity index (χ4v) is 4.22. The zero-order valence-corrected chi connectivity index (χ0v) is 11.7. The van der Waals surface area contributed by atoms with E-state index >= 15 is 0 Å². The molecule has 0 radical (unpaired) electrons. The Kier molecular flexibility index (Phi) is 3.77. The third-order valence-electron chi connectivity index (χ3n) is 5.27. The molecule has 0 bridgehead atoms. The lowest BCUT2D eigenvalue weighted by atomic mass is 9.82. The summed E-state index contributed by atoms with van der Waals surface area (Å²) >= 11 is 0. The van der Waals surface area contributed by atoms with Gasteiger partial charge in [0.2, 0.25) is 0 Å². The van der Waals surface area contributed by atoms with Crippen LogP contribution in [0.3, 0.4) is 0 Å². The van der Waals surface area contributed by atoms with Gasteiger partial charge in [-0.25, -0.2) is 0 Å². The third kappa shape index (κ3) is 2.37. The molecule has 3 aliphatic carbocycles. The van der Waals surface area contributed by atoms with Crippen LogP contribution in [0.4, 0.5) is 0 Å². The van der Waals surface area contributed by atoms with Crippen LogP contribution in [0.2, 0.25) is 0 Å². The summed E-state index contributed by atoms with van der Waals surface area (Å²) in [5.41, 5.74) is 1.72. The Labute approximate surface area is 111 Å². The minimum Gasteiger partial charge on any atom is -0.501 e. The normalized spacial score (nSPS) is 42.2. The molecule has 18 heavy (non-hydrogen) atoms. The highest BCUT2D eigenvalue weighted by Crippen LogP contribution is 2.43. The predicted molar refractivity (Wildman–Crippen MR) is 75.2 cm³/mol. The molecule has 0 N–H and O–H groups in total. The van der Waals surface area contributed by atoms with E-state index in [0.717, 1.165) is 11.8 Å². The van der Waals surface area contributed by atoms with Crippen LogP contribution in [0.5, 0.6) is 0 Å². The molecule has 1 heteroatoms. The average molecular weight is 246 g/mol. The van der Waals surface area contributed by atoms with Crippen LogP contribution in [-0.4, -0.2) is 7.11 Å². The van der Waals surface area contributed by atoms with Crippen molar-refractivity contribution in [1.29, 1.82) is 0 Å². The van der Waals surface area contributed by atoms with E-state index in [0.29, 0.717) is 5.92 Å². The summed E-state index contributed by atoms with van der Waals surface area (Å²) in [5.74, 6) is 3.57. The van der Waals surface area contributed by atoms with Crippen LogP contribution in [0, 0.1) is 17.8 Å². The van der Waals surface area contributed by atoms with E-state index in [1.165, 1.54) is 63.5 Å². The number of fused-ring (bicyclic) bond motifs is 2. The molecule has 100 valence electrons. The summed E-state index contributed by atoms with van der Waals surface area (Å²) in [4.78, 5) is 0. The lowest BCUT2D eigenvalue weighted by molar-refractivity contribution is 0.212. The van der Waals surface area contributed by atoms with Gasteiger partial charge in [-0.2, -0.15) is 0 Å². The van der Waals surface area contributed by atoms with Crippen molar-refractivity contribution in [3.8, 4) is 0 Å². The van der Waals surface area contributed by atoms with Crippen molar-refractivity contribution in [3.63, 3.8) is 0 Å². The topological polar surface area (TPSA) is 9.23 Å². The number of methoxy groups -OCH3 is 1. The first-order chi connectivity index (χ1) is 8.88. The number of allylic oxidation sites excluding steroid dienone is 4. The molecule has 3 rings (SSSR count). The second-order valence-corrected chi connectivity index (χ2v) is 6.29. The van der Waals surface area contributed by atoms with E-state index in [2.05, 4.69) is 12.2 Å². The second kappa shape index (κ2) is 5.50. The Morgan fingerprint density at radius 3 is 2.89 bits per heavy atom. The van der Waals surface area contributed by atoms with E-state index in [1.807, 2.05) is 7.11 Å². The SMILES string of the molecule is CO/C1=C/C2CCCCC/C2=C/CC2CCCC12. The fourth-order valence-electron chi connectivity index (χ4n) is 4.22. The summed E-state index contributed by atoms with van der Waals surface area (Å²) in [7, 11) is 1.88. The van der Waals surface area contributed by atoms with Crippen molar-refractivity contribution in [2.75, 3.05) is 7.11 Å². The van der Waals surface area contributed by atoms with Gasteiger partial charge in [-0.15, -0.1) is 0 Å². The van der Waals surface area contributed by atoms with Crippen molar-refractivity contribution in [1.82, 2.24) is 0 Å². The van der Waals surface area contributed by atoms with Gasteiger partial charge in [0.05, 0.1) is 12.9 Å². The van der Waals surface area contributed by atoms with Crippen LogP contribution in [-0.2, 0) is 4.74 Å². The summed E-state index contributed by atoms with van der Waals surface area (Å²) < 4.78 is 5.76. The van der Waals surface area contributed by atoms with E-state index in [-0.39, 0.29) is 0 Å². The van der Waals surface area contributed by atoms with Gasteiger partial charge in [0, 0.05) is 11.8 Å². The highest BCUT2D eigenvalue weighted by atomic mass is 16.5. The molecule has 0 aliphatic heterocycles. The summed E-state index contributed by atoms with van der Waals surface area (Å²) in [6.45, 7) is 0. The number of rotatable bonds is 1. The minimum absolute atomic E-state index is 0.684. The quantitative estimate of drug-likeness (QED) is 0.601. The van der Waals surface area contributed by atoms with Crippen molar-refractivity contribution in [2.24, 2.45) is 17.8 Å². The maximum Gasteiger partial charge on any atom is 0.0955 e. The Bertz CT molecular complexity index is 353. The molecule has 3 atom stereocenters. The lowest BCUT2D eigenvalue weighted by Crippen LogP contribution is -2.16. The number of ether oxygens (including phenoxy) is 1. The van der Waals surface area contributed by atoms with E-state index in [4.69, 9.17) is 4.74 Å². The standard InChI is InChI=1S/C17H26O/c1-18-17-12-15-7-4-2-3-6-13(15)10-11-14-8-5-9-16(14)17/h10,12,14-16H,2-9,11H2,1H3/b13-10-,17-12+. The van der Waals surface area contributed by atoms with Crippen LogP contribution in [0.1, 0.15) is 57.8 Å². The number of hydrogen-bond acceptors (Lipinski definition) is 1. The molecular weight excluding hydrogens is 220 g/mol. The van der Waals surface area contributed by atoms with Crippen molar-refractivity contribution in [2.45, 2.75) is 57.8 Å². The molecule has 0 saturated heterocycles. The van der Waals surface area contributed by atoms with Gasteiger partial charge in [-0.1, -0.05) is 30.9 Å². The van der Waals surface area contributed by atoms with Crippen LogP contribution >= 0.6 is 0 Å². The van der Waals surface area contributed by atoms with Gasteiger partial charge >= 0.3 is 0 Å². The highest BCUT2D eigenvalue weighted by Gasteiger charge is 2.32. The molecule has 2 saturated carbocycles. The van der Waals surface area contributed by atoms with Crippen LogP contribution < -0.4 is 0 Å². The van der Waals surface area contributed by atoms with E-state index in [9.17, 15) is 0 Å². The van der Waals surface area contributed by atoms with E-state index in [1.54, 1.807) is 5.57 Å². The monoisotopic (exact) mass is 246 g/mol. The Morgan fingerprint density at radius 2 is 2.00 bits per heavy atom. The average Bonchev–Trinajstić information content (AvgIpc) is 2.71. The molecule has 0 aromatic rings. The molecule has 0 spiro atoms. The maximum absolute atomic E-state index is 5.76. The van der Waals surface area contributed by atoms with Gasteiger partial charge in [0.15, 0.2) is 0 Å². The van der Waals surface area contributed by atoms with Crippen LogP contribution in [0.15, 0.2) is 23.5 Å². The van der Waals surface area contributed by atoms with Gasteiger partial charge in [-0.05, 0) is 50.5 Å². The molecule has 0 heterocycles. The van der Waals surface area contributed by atoms with Crippen molar-refractivity contribution >= 4 is 0 Å². The molecular formula is C17H26O. The smallest absolute Gasteiger partial charge is 0.0955 e. The van der Waals surface area contributed by atoms with Gasteiger partial charge in [0.25, 0.3) is 0 Å². The Hall–Kier alpha value is -0.720. The lowest BCUT2D eigenvalue weighted by Gasteiger charge is -2.26. The van der Waals surface area contributed by atoms with Crippen molar-refractivity contribution < 1.29 is 4.74 Å².